The van der Waals surface area contributed by atoms with Crippen molar-refractivity contribution in [2.75, 3.05) is 0 Å². The topological polar surface area (TPSA) is 63.5 Å². The van der Waals surface area contributed by atoms with E-state index in [0.717, 1.165) is 16.7 Å². The lowest BCUT2D eigenvalue weighted by Crippen LogP contribution is -2.08. The van der Waals surface area contributed by atoms with Crippen LogP contribution in [0.1, 0.15) is 44.9 Å². The molecule has 4 heteroatoms. The molecule has 0 amide bonds. The van der Waals surface area contributed by atoms with Crippen molar-refractivity contribution in [2.24, 2.45) is 0 Å². The molecule has 0 radical (unpaired) electrons. The van der Waals surface area contributed by atoms with Gasteiger partial charge in [-0.15, -0.1) is 5.75 Å². The van der Waals surface area contributed by atoms with Gasteiger partial charge in [-0.3, -0.25) is 0 Å². The molecule has 0 saturated heterocycles. The molecule has 0 unspecified atom stereocenters. The first-order chi connectivity index (χ1) is 24.9. The molecule has 0 aliphatic carbocycles. The van der Waals surface area contributed by atoms with Crippen molar-refractivity contribution in [3.8, 4) is 17.2 Å². The van der Waals surface area contributed by atoms with Gasteiger partial charge < -0.3 is 15.3 Å². The van der Waals surface area contributed by atoms with Crippen LogP contribution in [0.3, 0.4) is 0 Å². The third kappa shape index (κ3) is 10.2. The second-order valence-electron chi connectivity index (χ2n) is 13.1. The highest BCUT2D eigenvalue weighted by atomic mass is 31.2. The highest BCUT2D eigenvalue weighted by molar-refractivity contribution is 7.72. The highest BCUT2D eigenvalue weighted by Gasteiger charge is 2.38. The van der Waals surface area contributed by atoms with E-state index in [2.05, 4.69) is 121 Å². The monoisotopic (exact) mass is 686 g/mol. The predicted molar refractivity (Wildman–Crippen MR) is 211 cm³/mol. The molecule has 0 fully saturated rings. The number of aromatic hydroxyl groups is 2. The zero-order valence-electron chi connectivity index (χ0n) is 28.6. The molecule has 7 rings (SSSR count). The molecular weight excluding hydrogens is 643 g/mol. The standard InChI is InChI=1S/C28H28P.C19H16O3/c1-5-13-25(14-6-1)21-29(22-26-15-7-2-8-16-26,23-27-17-9-3-10-18-27)24-28-19-11-4-12-20-28;20-16-7-1-13(2-8-16)19(14-3-9-17(21)10-4-14)15-5-11-18(22)12-6-15/h1-20H,21-24H2;1-12,19-22H/q+1;/p-1. The Hall–Kier alpha value is -5.63. The van der Waals surface area contributed by atoms with Crippen LogP contribution >= 0.6 is 7.26 Å². The molecule has 0 spiro atoms. The number of phenols is 2. The van der Waals surface area contributed by atoms with Crippen LogP contribution in [0.15, 0.2) is 194 Å². The van der Waals surface area contributed by atoms with Gasteiger partial charge in [-0.1, -0.05) is 170 Å². The Morgan fingerprint density at radius 3 is 0.882 bits per heavy atom. The van der Waals surface area contributed by atoms with E-state index in [1.54, 1.807) is 36.4 Å². The number of benzene rings is 7. The van der Waals surface area contributed by atoms with E-state index < -0.39 is 7.26 Å². The molecule has 2 N–H and O–H groups in total. The maximum Gasteiger partial charge on any atom is 0.115 e. The van der Waals surface area contributed by atoms with Crippen LogP contribution in [0, 0.1) is 0 Å². The highest BCUT2D eigenvalue weighted by Crippen LogP contribution is 2.68. The summed E-state index contributed by atoms with van der Waals surface area (Å²) in [6.07, 6.45) is 4.69. The van der Waals surface area contributed by atoms with E-state index in [-0.39, 0.29) is 23.2 Å². The lowest BCUT2D eigenvalue weighted by molar-refractivity contribution is -0.268. The van der Waals surface area contributed by atoms with Crippen LogP contribution in [0.2, 0.25) is 0 Å². The van der Waals surface area contributed by atoms with E-state index in [4.69, 9.17) is 0 Å². The van der Waals surface area contributed by atoms with Gasteiger partial charge in [-0.25, -0.2) is 0 Å². The van der Waals surface area contributed by atoms with Crippen LogP contribution in [0.4, 0.5) is 0 Å². The molecule has 7 aromatic rings. The Balaban J connectivity index is 0.000000183. The van der Waals surface area contributed by atoms with Crippen molar-refractivity contribution in [1.82, 2.24) is 0 Å². The maximum atomic E-state index is 11.3. The van der Waals surface area contributed by atoms with E-state index in [9.17, 15) is 15.3 Å². The molecule has 0 aliphatic rings. The van der Waals surface area contributed by atoms with Crippen LogP contribution in [0.25, 0.3) is 0 Å². The van der Waals surface area contributed by atoms with Gasteiger partial charge >= 0.3 is 0 Å². The SMILES string of the molecule is [O-]c1ccc(C(c2ccc(O)cc2)c2ccc(O)cc2)cc1.c1ccc(C[P+](Cc2ccccc2)(Cc2ccccc2)Cc2ccccc2)cc1. The number of rotatable bonds is 11. The van der Waals surface area contributed by atoms with Crippen LogP contribution in [0.5, 0.6) is 17.2 Å². The molecule has 51 heavy (non-hydrogen) atoms. The minimum Gasteiger partial charge on any atom is -0.872 e. The lowest BCUT2D eigenvalue weighted by atomic mass is 9.85. The Morgan fingerprint density at radius 2 is 0.608 bits per heavy atom. The van der Waals surface area contributed by atoms with Gasteiger partial charge in [0.25, 0.3) is 0 Å². The van der Waals surface area contributed by atoms with Crippen molar-refractivity contribution in [1.29, 1.82) is 0 Å². The Kier molecular flexibility index (Phi) is 12.0. The zero-order chi connectivity index (χ0) is 35.3. The van der Waals surface area contributed by atoms with Crippen molar-refractivity contribution in [3.05, 3.63) is 233 Å². The van der Waals surface area contributed by atoms with E-state index in [1.165, 1.54) is 46.9 Å². The van der Waals surface area contributed by atoms with Crippen molar-refractivity contribution in [3.63, 3.8) is 0 Å². The summed E-state index contributed by atoms with van der Waals surface area (Å²) in [7, 11) is -1.38. The smallest absolute Gasteiger partial charge is 0.115 e. The van der Waals surface area contributed by atoms with E-state index in [1.807, 2.05) is 36.4 Å². The van der Waals surface area contributed by atoms with E-state index in [0.29, 0.717) is 0 Å². The fourth-order valence-electron chi connectivity index (χ4n) is 6.79. The summed E-state index contributed by atoms with van der Waals surface area (Å²) in [6.45, 7) is 0. The molecule has 0 heterocycles. The summed E-state index contributed by atoms with van der Waals surface area (Å²) >= 11 is 0. The quantitative estimate of drug-likeness (QED) is 0.105. The van der Waals surface area contributed by atoms with E-state index >= 15 is 0 Å². The first-order valence-electron chi connectivity index (χ1n) is 17.3. The fraction of sp³-hybridized carbons (Fsp3) is 0.106. The second kappa shape index (κ2) is 17.3. The summed E-state index contributed by atoms with van der Waals surface area (Å²) in [5.41, 5.74) is 8.83. The number of hydrogen-bond acceptors (Lipinski definition) is 3. The summed E-state index contributed by atoms with van der Waals surface area (Å²) in [5, 5.41) is 30.3. The van der Waals surface area contributed by atoms with Crippen LogP contribution < -0.4 is 5.11 Å². The molecule has 0 bridgehead atoms. The van der Waals surface area contributed by atoms with Crippen LogP contribution in [-0.4, -0.2) is 10.2 Å². The van der Waals surface area contributed by atoms with Crippen molar-refractivity contribution in [2.45, 2.75) is 30.6 Å². The lowest BCUT2D eigenvalue weighted by Gasteiger charge is -2.29. The summed E-state index contributed by atoms with van der Waals surface area (Å²) in [6, 6.07) is 65.0. The summed E-state index contributed by atoms with van der Waals surface area (Å²) < 4.78 is 0. The Morgan fingerprint density at radius 1 is 0.353 bits per heavy atom. The molecule has 3 nitrogen and oxygen atoms in total. The molecule has 254 valence electrons. The van der Waals surface area contributed by atoms with Crippen molar-refractivity contribution >= 4 is 7.26 Å². The van der Waals surface area contributed by atoms with Gasteiger partial charge in [0.2, 0.25) is 0 Å². The molecular formula is C47H43O3P. The van der Waals surface area contributed by atoms with Gasteiger partial charge in [-0.05, 0) is 63.2 Å². The molecule has 0 saturated carbocycles. The zero-order valence-corrected chi connectivity index (χ0v) is 29.5. The minimum atomic E-state index is -1.38. The predicted octanol–water partition coefficient (Wildman–Crippen LogP) is 11.2. The van der Waals surface area contributed by atoms with Gasteiger partial charge in [-0.2, -0.15) is 0 Å². The third-order valence-corrected chi connectivity index (χ3v) is 13.3. The summed E-state index contributed by atoms with van der Waals surface area (Å²) in [4.78, 5) is 0. The molecule has 0 atom stereocenters. The van der Waals surface area contributed by atoms with Gasteiger partial charge in [0.1, 0.15) is 11.5 Å². The van der Waals surface area contributed by atoms with Gasteiger partial charge in [0.05, 0.1) is 24.6 Å². The Bertz CT molecular complexity index is 1750. The first kappa shape index (κ1) is 35.2. The maximum absolute atomic E-state index is 11.3. The Labute approximate surface area is 302 Å². The molecule has 0 aromatic heterocycles. The number of hydrogen-bond donors (Lipinski definition) is 2. The minimum absolute atomic E-state index is 0.0288. The van der Waals surface area contributed by atoms with Gasteiger partial charge in [0, 0.05) is 13.2 Å². The van der Waals surface area contributed by atoms with Crippen molar-refractivity contribution < 1.29 is 15.3 Å². The third-order valence-electron chi connectivity index (χ3n) is 9.11. The molecule has 7 aromatic carbocycles. The average molecular weight is 687 g/mol. The average Bonchev–Trinajstić information content (AvgIpc) is 3.16. The normalized spacial score (nSPS) is 11.1. The van der Waals surface area contributed by atoms with Crippen LogP contribution in [-0.2, 0) is 24.6 Å². The summed E-state index contributed by atoms with van der Waals surface area (Å²) in [5.74, 6) is 0.326. The largest absolute Gasteiger partial charge is 0.872 e. The van der Waals surface area contributed by atoms with Gasteiger partial charge in [0.15, 0.2) is 0 Å². The number of phenolic OH excluding ortho intramolecular Hbond substituents is 2. The molecule has 0 aliphatic heterocycles. The fourth-order valence-corrected chi connectivity index (χ4v) is 11.4. The first-order valence-corrected chi connectivity index (χ1v) is 19.8. The second-order valence-corrected chi connectivity index (χ2v) is 17.0.